The number of benzene rings is 3. The van der Waals surface area contributed by atoms with Crippen LogP contribution in [0.15, 0.2) is 78.4 Å². The molecule has 2 saturated heterocycles. The molecule has 0 spiro atoms. The lowest BCUT2D eigenvalue weighted by molar-refractivity contribution is -0.143. The van der Waals surface area contributed by atoms with Crippen molar-refractivity contribution in [2.45, 2.75) is 24.7 Å². The number of aromatic hydroxyl groups is 1. The number of nitrogens with zero attached hydrogens (tertiary/aromatic N) is 2. The van der Waals surface area contributed by atoms with E-state index in [2.05, 4.69) is 5.43 Å². The Morgan fingerprint density at radius 1 is 0.962 bits per heavy atom. The number of amides is 4. The van der Waals surface area contributed by atoms with Gasteiger partial charge in [-0.15, -0.1) is 0 Å². The summed E-state index contributed by atoms with van der Waals surface area (Å²) >= 11 is 12.6. The van der Waals surface area contributed by atoms with Crippen molar-refractivity contribution in [3.8, 4) is 17.2 Å². The number of fused-ring (bicyclic) bond motifs is 4. The van der Waals surface area contributed by atoms with Crippen LogP contribution < -0.4 is 14.9 Å². The van der Waals surface area contributed by atoms with Gasteiger partial charge in [-0.1, -0.05) is 65.2 Å². The number of imide groups is 2. The SMILES string of the molecule is COc1ccc([C@@]23C(=O)N(Nc4ccc(Cl)cc4Cl)C(=O)[C@@H]2C[C@@H]2C(=CC[C@@H]4C(=O)N(CCC(=O)O)C(=O)[C@@H]42)[C@@H]3C=Cc2ccc(O)c(OC)c2)cc1. The quantitative estimate of drug-likeness (QED) is 0.172. The fraction of sp³-hybridized carbons (Fsp3) is 0.308. The Labute approximate surface area is 314 Å². The Bertz CT molecular complexity index is 2100. The number of ether oxygens (including phenoxy) is 2. The van der Waals surface area contributed by atoms with E-state index in [0.29, 0.717) is 27.5 Å². The number of halogens is 2. The molecule has 7 rings (SSSR count). The first-order valence-corrected chi connectivity index (χ1v) is 17.7. The molecule has 4 aliphatic rings. The van der Waals surface area contributed by atoms with Crippen LogP contribution in [0.5, 0.6) is 17.2 Å². The van der Waals surface area contributed by atoms with Crippen LogP contribution in [0.4, 0.5) is 5.69 Å². The third kappa shape index (κ3) is 5.90. The van der Waals surface area contributed by atoms with Gasteiger partial charge in [0.05, 0.1) is 54.5 Å². The molecule has 3 fully saturated rings. The van der Waals surface area contributed by atoms with Crippen LogP contribution in [-0.2, 0) is 29.4 Å². The summed E-state index contributed by atoms with van der Waals surface area (Å²) < 4.78 is 10.8. The molecule has 0 bridgehead atoms. The second-order valence-corrected chi connectivity index (χ2v) is 14.4. The van der Waals surface area contributed by atoms with Gasteiger partial charge in [0.15, 0.2) is 11.5 Å². The standard InChI is InChI=1S/C39H35Cl2N3O9/c1-52-23-8-5-21(6-9-23)39-27(12-3-20-4-14-31(45)32(17-20)53-2)24-10-11-25-34(37(50)43(35(25)48)16-15-33(46)47)26(24)19-28(39)36(49)44(38(39)51)42-30-13-7-22(40)18-29(30)41/h3-10,12-14,17-18,25-28,34,42,45H,11,15-16,19H2,1-2H3,(H,46,47)/t25-,26+,27-,28-,34-,39-/m0/s1. The number of hydrazine groups is 1. The van der Waals surface area contributed by atoms with Gasteiger partial charge >= 0.3 is 5.97 Å². The number of rotatable bonds is 10. The van der Waals surface area contributed by atoms with E-state index in [-0.39, 0.29) is 41.6 Å². The molecule has 3 N–H and O–H groups in total. The summed E-state index contributed by atoms with van der Waals surface area (Å²) in [5.41, 5.74) is 3.55. The van der Waals surface area contributed by atoms with E-state index >= 15 is 4.79 Å². The summed E-state index contributed by atoms with van der Waals surface area (Å²) in [6, 6.07) is 16.3. The number of phenolic OH excluding ortho intramolecular Hbond substituents is 1. The monoisotopic (exact) mass is 759 g/mol. The van der Waals surface area contributed by atoms with Crippen LogP contribution >= 0.6 is 23.2 Å². The zero-order chi connectivity index (χ0) is 37.8. The number of carboxylic acid groups (broad SMARTS) is 1. The summed E-state index contributed by atoms with van der Waals surface area (Å²) in [7, 11) is 2.95. The summed E-state index contributed by atoms with van der Waals surface area (Å²) in [5, 5.41) is 21.1. The number of likely N-dealkylation sites (tertiary alicyclic amines) is 1. The maximum atomic E-state index is 15.2. The lowest BCUT2D eigenvalue weighted by Gasteiger charge is -2.49. The molecule has 0 unspecified atom stereocenters. The van der Waals surface area contributed by atoms with Gasteiger partial charge in [-0.2, -0.15) is 5.01 Å². The number of hydrogen-bond donors (Lipinski definition) is 3. The molecule has 274 valence electrons. The normalized spacial score (nSPS) is 26.3. The van der Waals surface area contributed by atoms with Crippen LogP contribution in [-0.4, -0.2) is 70.5 Å². The summed E-state index contributed by atoms with van der Waals surface area (Å²) in [6.45, 7) is -0.260. The first kappa shape index (κ1) is 36.0. The third-order valence-corrected chi connectivity index (χ3v) is 11.5. The smallest absolute Gasteiger partial charge is 0.305 e. The lowest BCUT2D eigenvalue weighted by Crippen LogP contribution is -2.54. The van der Waals surface area contributed by atoms with E-state index in [1.807, 2.05) is 12.2 Å². The highest BCUT2D eigenvalue weighted by atomic mass is 35.5. The minimum atomic E-state index is -1.55. The number of carbonyl (C=O) groups is 5. The van der Waals surface area contributed by atoms with Crippen molar-refractivity contribution in [3.05, 3.63) is 99.6 Å². The van der Waals surface area contributed by atoms with Crippen molar-refractivity contribution in [2.75, 3.05) is 26.2 Å². The maximum Gasteiger partial charge on any atom is 0.305 e. The first-order chi connectivity index (χ1) is 25.4. The Morgan fingerprint density at radius 3 is 2.40 bits per heavy atom. The third-order valence-electron chi connectivity index (χ3n) is 11.0. The van der Waals surface area contributed by atoms with Gasteiger partial charge in [0, 0.05) is 17.5 Å². The summed E-state index contributed by atoms with van der Waals surface area (Å²) in [6.07, 6.45) is 5.35. The number of carboxylic acids is 1. The molecule has 2 heterocycles. The Balaban J connectivity index is 1.41. The minimum Gasteiger partial charge on any atom is -0.504 e. The predicted octanol–water partition coefficient (Wildman–Crippen LogP) is 5.72. The fourth-order valence-corrected chi connectivity index (χ4v) is 9.04. The lowest BCUT2D eigenvalue weighted by atomic mass is 9.50. The zero-order valence-electron chi connectivity index (χ0n) is 28.6. The molecule has 14 heteroatoms. The Morgan fingerprint density at radius 2 is 1.72 bits per heavy atom. The minimum absolute atomic E-state index is 0.0549. The van der Waals surface area contributed by atoms with Crippen molar-refractivity contribution in [1.29, 1.82) is 0 Å². The Hall–Kier alpha value is -5.33. The average molecular weight is 761 g/mol. The van der Waals surface area contributed by atoms with Crippen molar-refractivity contribution in [2.24, 2.45) is 29.6 Å². The molecular formula is C39H35Cl2N3O9. The topological polar surface area (TPSA) is 163 Å². The van der Waals surface area contributed by atoms with Crippen LogP contribution in [0.1, 0.15) is 30.4 Å². The van der Waals surface area contributed by atoms with Crippen LogP contribution in [0.2, 0.25) is 10.0 Å². The van der Waals surface area contributed by atoms with E-state index in [1.165, 1.54) is 26.4 Å². The average Bonchev–Trinajstić information content (AvgIpc) is 3.52. The molecule has 53 heavy (non-hydrogen) atoms. The number of carbonyl (C=O) groups excluding carboxylic acids is 4. The van der Waals surface area contributed by atoms with E-state index in [1.54, 1.807) is 54.6 Å². The number of phenols is 1. The molecule has 0 aromatic heterocycles. The van der Waals surface area contributed by atoms with Crippen molar-refractivity contribution >= 4 is 64.6 Å². The van der Waals surface area contributed by atoms with Gasteiger partial charge in [-0.25, -0.2) is 0 Å². The number of allylic oxidation sites excluding steroid dienone is 3. The number of aliphatic carboxylic acids is 1. The highest BCUT2D eigenvalue weighted by Crippen LogP contribution is 2.61. The van der Waals surface area contributed by atoms with E-state index in [4.69, 9.17) is 32.7 Å². The van der Waals surface area contributed by atoms with Crippen LogP contribution in [0, 0.1) is 29.6 Å². The molecule has 3 aromatic carbocycles. The predicted molar refractivity (Wildman–Crippen MR) is 194 cm³/mol. The van der Waals surface area contributed by atoms with Gasteiger partial charge < -0.3 is 19.7 Å². The molecule has 2 aliphatic heterocycles. The first-order valence-electron chi connectivity index (χ1n) is 17.0. The van der Waals surface area contributed by atoms with Gasteiger partial charge in [0.1, 0.15) is 5.75 Å². The second-order valence-electron chi connectivity index (χ2n) is 13.5. The Kier molecular flexibility index (Phi) is 9.46. The number of hydrogen-bond acceptors (Lipinski definition) is 9. The maximum absolute atomic E-state index is 15.2. The van der Waals surface area contributed by atoms with Crippen LogP contribution in [0.25, 0.3) is 6.08 Å². The molecule has 6 atom stereocenters. The van der Waals surface area contributed by atoms with Gasteiger partial charge in [-0.05, 0) is 72.4 Å². The molecular weight excluding hydrogens is 725 g/mol. The number of nitrogens with one attached hydrogen (secondary N) is 1. The van der Waals surface area contributed by atoms with Crippen molar-refractivity contribution in [3.63, 3.8) is 0 Å². The molecule has 12 nitrogen and oxygen atoms in total. The molecule has 0 radical (unpaired) electrons. The molecule has 1 saturated carbocycles. The van der Waals surface area contributed by atoms with E-state index in [9.17, 15) is 29.4 Å². The number of methoxy groups -OCH3 is 2. The zero-order valence-corrected chi connectivity index (χ0v) is 30.1. The summed E-state index contributed by atoms with van der Waals surface area (Å²) in [5.74, 6) is -6.54. The highest BCUT2D eigenvalue weighted by molar-refractivity contribution is 6.36. The fourth-order valence-electron chi connectivity index (χ4n) is 8.59. The largest absolute Gasteiger partial charge is 0.504 e. The number of anilines is 1. The van der Waals surface area contributed by atoms with Gasteiger partial charge in [0.2, 0.25) is 11.8 Å². The van der Waals surface area contributed by atoms with E-state index in [0.717, 1.165) is 9.91 Å². The highest BCUT2D eigenvalue weighted by Gasteiger charge is 2.69. The van der Waals surface area contributed by atoms with Gasteiger partial charge in [0.25, 0.3) is 11.8 Å². The second kappa shape index (κ2) is 13.9. The molecule has 3 aromatic rings. The molecule has 2 aliphatic carbocycles. The van der Waals surface area contributed by atoms with E-state index < -0.39 is 71.0 Å². The summed E-state index contributed by atoms with van der Waals surface area (Å²) in [4.78, 5) is 70.1. The van der Waals surface area contributed by atoms with Crippen LogP contribution in [0.3, 0.4) is 0 Å². The van der Waals surface area contributed by atoms with Crippen molar-refractivity contribution in [1.82, 2.24) is 9.91 Å². The molecule has 4 amide bonds. The van der Waals surface area contributed by atoms with Gasteiger partial charge in [-0.3, -0.25) is 34.3 Å². The van der Waals surface area contributed by atoms with Crippen molar-refractivity contribution < 1.29 is 43.7 Å².